The molecule has 1 heterocycles. The zero-order chi connectivity index (χ0) is 12.5. The van der Waals surface area contributed by atoms with Crippen molar-refractivity contribution in [2.24, 2.45) is 0 Å². The Balaban J connectivity index is 1.84. The number of benzene rings is 1. The largest absolute Gasteiger partial charge is 0.377 e. The fourth-order valence-corrected chi connectivity index (χ4v) is 2.34. The number of fused-ring (bicyclic) bond motifs is 1. The van der Waals surface area contributed by atoms with E-state index in [0.29, 0.717) is 5.69 Å². The Hall–Kier alpha value is -1.97. The molecule has 1 aromatic carbocycles. The Morgan fingerprint density at radius 2 is 2.06 bits per heavy atom. The van der Waals surface area contributed by atoms with Gasteiger partial charge in [0.15, 0.2) is 11.6 Å². The molecule has 0 spiro atoms. The molecule has 0 aliphatic heterocycles. The summed E-state index contributed by atoms with van der Waals surface area (Å²) in [6, 6.07) is 7.89. The summed E-state index contributed by atoms with van der Waals surface area (Å²) in [4.78, 5) is 4.35. The summed E-state index contributed by atoms with van der Waals surface area (Å²) in [5, 5.41) is 3.20. The summed E-state index contributed by atoms with van der Waals surface area (Å²) in [6.45, 7) is 0. The average molecular weight is 246 g/mol. The average Bonchev–Trinajstić information content (AvgIpc) is 2.78. The van der Waals surface area contributed by atoms with Crippen LogP contribution in [0.15, 0.2) is 36.5 Å². The van der Waals surface area contributed by atoms with Crippen LogP contribution in [0.1, 0.15) is 23.7 Å². The van der Waals surface area contributed by atoms with Crippen LogP contribution in [0.2, 0.25) is 0 Å². The SMILES string of the molecule is Fc1ccc(NC2CCc3cccnc32)cc1F. The summed E-state index contributed by atoms with van der Waals surface area (Å²) in [5.74, 6) is -1.66. The molecule has 1 atom stereocenters. The second kappa shape index (κ2) is 4.37. The molecule has 1 aliphatic rings. The molecule has 1 aromatic heterocycles. The molecule has 0 fully saturated rings. The summed E-state index contributed by atoms with van der Waals surface area (Å²) >= 11 is 0. The number of nitrogens with zero attached hydrogens (tertiary/aromatic N) is 1. The van der Waals surface area contributed by atoms with Gasteiger partial charge >= 0.3 is 0 Å². The Bertz CT molecular complexity index is 584. The molecule has 0 saturated carbocycles. The molecule has 3 rings (SSSR count). The Morgan fingerprint density at radius 3 is 2.89 bits per heavy atom. The quantitative estimate of drug-likeness (QED) is 0.877. The molecule has 0 saturated heterocycles. The maximum absolute atomic E-state index is 13.1. The minimum atomic E-state index is -0.834. The lowest BCUT2D eigenvalue weighted by Gasteiger charge is -2.14. The monoisotopic (exact) mass is 246 g/mol. The van der Waals surface area contributed by atoms with E-state index in [-0.39, 0.29) is 6.04 Å². The van der Waals surface area contributed by atoms with Crippen molar-refractivity contribution in [1.82, 2.24) is 4.98 Å². The van der Waals surface area contributed by atoms with Gasteiger partial charge < -0.3 is 5.32 Å². The van der Waals surface area contributed by atoms with Gasteiger partial charge in [-0.1, -0.05) is 6.07 Å². The van der Waals surface area contributed by atoms with Crippen molar-refractivity contribution in [3.05, 3.63) is 59.4 Å². The molecule has 2 aromatic rings. The first kappa shape index (κ1) is 11.1. The predicted octanol–water partition coefficient (Wildman–Crippen LogP) is 3.46. The van der Waals surface area contributed by atoms with Crippen molar-refractivity contribution in [2.75, 3.05) is 5.32 Å². The van der Waals surface area contributed by atoms with E-state index in [0.717, 1.165) is 24.6 Å². The first-order valence-corrected chi connectivity index (χ1v) is 5.89. The van der Waals surface area contributed by atoms with Crippen molar-refractivity contribution in [3.63, 3.8) is 0 Å². The standard InChI is InChI=1S/C14H12F2N2/c15-11-5-4-10(8-12(11)16)18-13-6-3-9-2-1-7-17-14(9)13/h1-2,4-5,7-8,13,18H,3,6H2. The van der Waals surface area contributed by atoms with Gasteiger partial charge in [-0.15, -0.1) is 0 Å². The lowest BCUT2D eigenvalue weighted by atomic mass is 10.2. The summed E-state index contributed by atoms with van der Waals surface area (Å²) < 4.78 is 26.0. The number of aryl methyl sites for hydroxylation is 1. The summed E-state index contributed by atoms with van der Waals surface area (Å²) in [6.07, 6.45) is 3.64. The lowest BCUT2D eigenvalue weighted by molar-refractivity contribution is 0.509. The molecule has 0 radical (unpaired) electrons. The summed E-state index contributed by atoms with van der Waals surface area (Å²) in [7, 11) is 0. The van der Waals surface area contributed by atoms with Crippen LogP contribution >= 0.6 is 0 Å². The van der Waals surface area contributed by atoms with Gasteiger partial charge in [0.1, 0.15) is 0 Å². The number of hydrogen-bond acceptors (Lipinski definition) is 2. The fourth-order valence-electron chi connectivity index (χ4n) is 2.34. The Labute approximate surface area is 104 Å². The first-order chi connectivity index (χ1) is 8.74. The number of pyridine rings is 1. The molecule has 0 amide bonds. The highest BCUT2D eigenvalue weighted by Crippen LogP contribution is 2.32. The third-order valence-corrected chi connectivity index (χ3v) is 3.22. The van der Waals surface area contributed by atoms with Crippen LogP contribution in [0.25, 0.3) is 0 Å². The number of rotatable bonds is 2. The van der Waals surface area contributed by atoms with Crippen LogP contribution in [0.4, 0.5) is 14.5 Å². The first-order valence-electron chi connectivity index (χ1n) is 5.89. The second-order valence-corrected chi connectivity index (χ2v) is 4.41. The van der Waals surface area contributed by atoms with E-state index in [4.69, 9.17) is 0 Å². The zero-order valence-electron chi connectivity index (χ0n) is 9.66. The minimum absolute atomic E-state index is 0.0751. The molecular weight excluding hydrogens is 234 g/mol. The van der Waals surface area contributed by atoms with Gasteiger partial charge in [0.05, 0.1) is 11.7 Å². The Morgan fingerprint density at radius 1 is 1.17 bits per heavy atom. The third kappa shape index (κ3) is 1.94. The summed E-state index contributed by atoms with van der Waals surface area (Å²) in [5.41, 5.74) is 2.80. The van der Waals surface area contributed by atoms with Crippen molar-refractivity contribution in [1.29, 1.82) is 0 Å². The van der Waals surface area contributed by atoms with Gasteiger partial charge in [0, 0.05) is 18.0 Å². The molecule has 92 valence electrons. The maximum Gasteiger partial charge on any atom is 0.160 e. The van der Waals surface area contributed by atoms with Gasteiger partial charge in [-0.25, -0.2) is 8.78 Å². The molecule has 0 bridgehead atoms. The fraction of sp³-hybridized carbons (Fsp3) is 0.214. The third-order valence-electron chi connectivity index (χ3n) is 3.22. The maximum atomic E-state index is 13.1. The molecule has 1 aliphatic carbocycles. The van der Waals surface area contributed by atoms with Crippen LogP contribution in [-0.2, 0) is 6.42 Å². The molecule has 18 heavy (non-hydrogen) atoms. The molecule has 4 heteroatoms. The highest BCUT2D eigenvalue weighted by atomic mass is 19.2. The number of aromatic nitrogens is 1. The number of anilines is 1. The van der Waals surface area contributed by atoms with E-state index in [1.54, 1.807) is 12.3 Å². The van der Waals surface area contributed by atoms with Crippen molar-refractivity contribution < 1.29 is 8.78 Å². The molecule has 2 nitrogen and oxygen atoms in total. The van der Waals surface area contributed by atoms with Crippen LogP contribution in [0.3, 0.4) is 0 Å². The van der Waals surface area contributed by atoms with Crippen molar-refractivity contribution in [3.8, 4) is 0 Å². The van der Waals surface area contributed by atoms with Crippen molar-refractivity contribution >= 4 is 5.69 Å². The van der Waals surface area contributed by atoms with E-state index in [1.165, 1.54) is 11.6 Å². The molecule has 1 unspecified atom stereocenters. The topological polar surface area (TPSA) is 24.9 Å². The van der Waals surface area contributed by atoms with E-state index in [9.17, 15) is 8.78 Å². The van der Waals surface area contributed by atoms with E-state index < -0.39 is 11.6 Å². The predicted molar refractivity (Wildman–Crippen MR) is 65.3 cm³/mol. The second-order valence-electron chi connectivity index (χ2n) is 4.41. The van der Waals surface area contributed by atoms with Gasteiger partial charge in [0.25, 0.3) is 0 Å². The van der Waals surface area contributed by atoms with Crippen LogP contribution in [-0.4, -0.2) is 4.98 Å². The smallest absolute Gasteiger partial charge is 0.160 e. The van der Waals surface area contributed by atoms with E-state index in [2.05, 4.69) is 16.4 Å². The zero-order valence-corrected chi connectivity index (χ0v) is 9.66. The number of halogens is 2. The van der Waals surface area contributed by atoms with Gasteiger partial charge in [-0.05, 0) is 36.6 Å². The van der Waals surface area contributed by atoms with E-state index >= 15 is 0 Å². The van der Waals surface area contributed by atoms with E-state index in [1.807, 2.05) is 6.07 Å². The normalized spacial score (nSPS) is 17.6. The van der Waals surface area contributed by atoms with Gasteiger partial charge in [-0.2, -0.15) is 0 Å². The minimum Gasteiger partial charge on any atom is -0.377 e. The van der Waals surface area contributed by atoms with Crippen LogP contribution < -0.4 is 5.32 Å². The number of hydrogen-bond donors (Lipinski definition) is 1. The van der Waals surface area contributed by atoms with Crippen molar-refractivity contribution in [2.45, 2.75) is 18.9 Å². The molecular formula is C14H12F2N2. The lowest BCUT2D eigenvalue weighted by Crippen LogP contribution is -2.08. The highest BCUT2D eigenvalue weighted by molar-refractivity contribution is 5.47. The molecule has 1 N–H and O–H groups in total. The highest BCUT2D eigenvalue weighted by Gasteiger charge is 2.23. The van der Waals surface area contributed by atoms with Crippen LogP contribution in [0.5, 0.6) is 0 Å². The van der Waals surface area contributed by atoms with Gasteiger partial charge in [-0.3, -0.25) is 4.98 Å². The van der Waals surface area contributed by atoms with Gasteiger partial charge in [0.2, 0.25) is 0 Å². The van der Waals surface area contributed by atoms with Crippen LogP contribution in [0, 0.1) is 11.6 Å². The number of nitrogens with one attached hydrogen (secondary N) is 1. The Kier molecular flexibility index (Phi) is 2.70.